The zero-order valence-corrected chi connectivity index (χ0v) is 12.0. The Labute approximate surface area is 119 Å². The van der Waals surface area contributed by atoms with Crippen molar-refractivity contribution in [3.63, 3.8) is 0 Å². The Morgan fingerprint density at radius 2 is 1.95 bits per heavy atom. The zero-order valence-electron chi connectivity index (χ0n) is 10.4. The van der Waals surface area contributed by atoms with Crippen molar-refractivity contribution in [1.82, 2.24) is 4.90 Å². The molecule has 2 aromatic rings. The lowest BCUT2D eigenvalue weighted by Crippen LogP contribution is -2.27. The fourth-order valence-corrected chi connectivity index (χ4v) is 2.01. The minimum Gasteiger partial charge on any atom is -0.452 e. The predicted octanol–water partition coefficient (Wildman–Crippen LogP) is 3.38. The van der Waals surface area contributed by atoms with E-state index in [1.54, 1.807) is 30.1 Å². The van der Waals surface area contributed by atoms with E-state index in [1.807, 2.05) is 6.07 Å². The molecule has 0 aliphatic rings. The van der Waals surface area contributed by atoms with E-state index in [4.69, 9.17) is 4.42 Å². The van der Waals surface area contributed by atoms with Gasteiger partial charge in [-0.15, -0.1) is 0 Å². The van der Waals surface area contributed by atoms with Gasteiger partial charge in [0.25, 0.3) is 0 Å². The van der Waals surface area contributed by atoms with E-state index in [-0.39, 0.29) is 18.1 Å². The average molecular weight is 326 g/mol. The highest BCUT2D eigenvalue weighted by Crippen LogP contribution is 2.15. The van der Waals surface area contributed by atoms with Crippen LogP contribution in [0, 0.1) is 5.82 Å². The molecule has 0 radical (unpaired) electrons. The van der Waals surface area contributed by atoms with Gasteiger partial charge in [-0.25, -0.2) is 4.39 Å². The molecule has 19 heavy (non-hydrogen) atoms. The number of likely N-dealkylation sites (N-methyl/N-ethyl adjacent to an activating group) is 1. The first-order chi connectivity index (χ1) is 9.04. The van der Waals surface area contributed by atoms with Gasteiger partial charge >= 0.3 is 0 Å². The number of carbonyl (C=O) groups excluding carboxylic acids is 1. The van der Waals surface area contributed by atoms with Gasteiger partial charge in [0.2, 0.25) is 5.91 Å². The molecule has 1 aromatic carbocycles. The van der Waals surface area contributed by atoms with Crippen molar-refractivity contribution in [1.29, 1.82) is 0 Å². The second-order valence-corrected chi connectivity index (χ2v) is 5.04. The number of carbonyl (C=O) groups is 1. The summed E-state index contributed by atoms with van der Waals surface area (Å²) in [7, 11) is 1.71. The van der Waals surface area contributed by atoms with E-state index in [9.17, 15) is 9.18 Å². The standard InChI is InChI=1S/C14H13BrFNO2/c1-17(9-12-6-7-13(15)19-12)14(18)8-10-2-4-11(16)5-3-10/h2-7H,8-9H2,1H3. The van der Waals surface area contributed by atoms with Crippen molar-refractivity contribution >= 4 is 21.8 Å². The van der Waals surface area contributed by atoms with Crippen molar-refractivity contribution in [3.8, 4) is 0 Å². The molecule has 2 rings (SSSR count). The molecular weight excluding hydrogens is 313 g/mol. The molecule has 0 N–H and O–H groups in total. The van der Waals surface area contributed by atoms with Crippen molar-refractivity contribution in [2.45, 2.75) is 13.0 Å². The Morgan fingerprint density at radius 3 is 2.53 bits per heavy atom. The van der Waals surface area contributed by atoms with E-state index in [2.05, 4.69) is 15.9 Å². The first-order valence-corrected chi connectivity index (χ1v) is 6.56. The Hall–Kier alpha value is -1.62. The molecule has 5 heteroatoms. The molecule has 1 amide bonds. The number of amides is 1. The van der Waals surface area contributed by atoms with Crippen LogP contribution in [0.2, 0.25) is 0 Å². The summed E-state index contributed by atoms with van der Waals surface area (Å²) < 4.78 is 18.7. The molecule has 0 saturated carbocycles. The molecule has 1 aromatic heterocycles. The second-order valence-electron chi connectivity index (χ2n) is 4.26. The highest BCUT2D eigenvalue weighted by atomic mass is 79.9. The summed E-state index contributed by atoms with van der Waals surface area (Å²) in [6.07, 6.45) is 0.249. The number of furan rings is 1. The van der Waals surface area contributed by atoms with Crippen LogP contribution in [0.5, 0.6) is 0 Å². The molecule has 1 heterocycles. The van der Waals surface area contributed by atoms with Gasteiger partial charge in [-0.3, -0.25) is 4.79 Å². The van der Waals surface area contributed by atoms with E-state index >= 15 is 0 Å². The maximum atomic E-state index is 12.8. The lowest BCUT2D eigenvalue weighted by atomic mass is 10.1. The van der Waals surface area contributed by atoms with Gasteiger partial charge < -0.3 is 9.32 Å². The average Bonchev–Trinajstić information content (AvgIpc) is 2.77. The number of hydrogen-bond donors (Lipinski definition) is 0. The summed E-state index contributed by atoms with van der Waals surface area (Å²) in [5.74, 6) is 0.367. The summed E-state index contributed by atoms with van der Waals surface area (Å²) in [5.41, 5.74) is 0.791. The molecule has 0 aliphatic carbocycles. The van der Waals surface area contributed by atoms with Crippen LogP contribution in [0.3, 0.4) is 0 Å². The van der Waals surface area contributed by atoms with Crippen LogP contribution in [0.1, 0.15) is 11.3 Å². The van der Waals surface area contributed by atoms with Gasteiger partial charge in [0.05, 0.1) is 13.0 Å². The van der Waals surface area contributed by atoms with Gasteiger partial charge in [0.15, 0.2) is 4.67 Å². The van der Waals surface area contributed by atoms with E-state index in [0.29, 0.717) is 17.0 Å². The molecule has 3 nitrogen and oxygen atoms in total. The quantitative estimate of drug-likeness (QED) is 0.863. The summed E-state index contributed by atoms with van der Waals surface area (Å²) in [5, 5.41) is 0. The monoisotopic (exact) mass is 325 g/mol. The third kappa shape index (κ3) is 3.92. The molecule has 0 bridgehead atoms. The number of rotatable bonds is 4. The SMILES string of the molecule is CN(Cc1ccc(Br)o1)C(=O)Cc1ccc(F)cc1. The highest BCUT2D eigenvalue weighted by Gasteiger charge is 2.12. The Morgan fingerprint density at radius 1 is 1.26 bits per heavy atom. The first kappa shape index (κ1) is 13.8. The lowest BCUT2D eigenvalue weighted by Gasteiger charge is -2.15. The fraction of sp³-hybridized carbons (Fsp3) is 0.214. The Kier molecular flexibility index (Phi) is 4.37. The van der Waals surface area contributed by atoms with Gasteiger partial charge in [-0.05, 0) is 45.8 Å². The number of benzene rings is 1. The molecule has 100 valence electrons. The lowest BCUT2D eigenvalue weighted by molar-refractivity contribution is -0.129. The smallest absolute Gasteiger partial charge is 0.227 e. The van der Waals surface area contributed by atoms with Crippen LogP contribution in [0.25, 0.3) is 0 Å². The predicted molar refractivity (Wildman–Crippen MR) is 73.0 cm³/mol. The first-order valence-electron chi connectivity index (χ1n) is 5.77. The molecule has 0 spiro atoms. The summed E-state index contributed by atoms with van der Waals surface area (Å²) >= 11 is 3.21. The molecule has 0 aliphatic heterocycles. The normalized spacial score (nSPS) is 10.5. The minimum absolute atomic E-state index is 0.0425. The third-order valence-corrected chi connectivity index (χ3v) is 3.14. The van der Waals surface area contributed by atoms with Crippen LogP contribution in [-0.2, 0) is 17.8 Å². The Balaban J connectivity index is 1.94. The van der Waals surface area contributed by atoms with E-state index in [0.717, 1.165) is 5.56 Å². The molecule has 0 unspecified atom stereocenters. The second kappa shape index (κ2) is 6.02. The summed E-state index contributed by atoms with van der Waals surface area (Å²) in [4.78, 5) is 13.6. The van der Waals surface area contributed by atoms with Gasteiger partial charge in [0, 0.05) is 7.05 Å². The maximum Gasteiger partial charge on any atom is 0.227 e. The number of nitrogens with zero attached hydrogens (tertiary/aromatic N) is 1. The summed E-state index contributed by atoms with van der Waals surface area (Å²) in [6, 6.07) is 9.53. The number of halogens is 2. The summed E-state index contributed by atoms with van der Waals surface area (Å²) in [6.45, 7) is 0.408. The van der Waals surface area contributed by atoms with Crippen LogP contribution in [0.4, 0.5) is 4.39 Å². The van der Waals surface area contributed by atoms with Crippen molar-refractivity contribution in [2.24, 2.45) is 0 Å². The molecule has 0 atom stereocenters. The van der Waals surface area contributed by atoms with Crippen LogP contribution in [-0.4, -0.2) is 17.9 Å². The molecule has 0 saturated heterocycles. The van der Waals surface area contributed by atoms with Crippen LogP contribution >= 0.6 is 15.9 Å². The molecule has 0 fully saturated rings. The van der Waals surface area contributed by atoms with Gasteiger partial charge in [0.1, 0.15) is 11.6 Å². The highest BCUT2D eigenvalue weighted by molar-refractivity contribution is 9.10. The van der Waals surface area contributed by atoms with Crippen molar-refractivity contribution in [2.75, 3.05) is 7.05 Å². The number of hydrogen-bond acceptors (Lipinski definition) is 2. The van der Waals surface area contributed by atoms with Gasteiger partial charge in [-0.1, -0.05) is 12.1 Å². The van der Waals surface area contributed by atoms with Crippen LogP contribution in [0.15, 0.2) is 45.5 Å². The van der Waals surface area contributed by atoms with Crippen molar-refractivity contribution in [3.05, 3.63) is 58.2 Å². The largest absolute Gasteiger partial charge is 0.452 e. The Bertz CT molecular complexity index is 565. The minimum atomic E-state index is -0.301. The maximum absolute atomic E-state index is 12.8. The fourth-order valence-electron chi connectivity index (χ4n) is 1.67. The molecular formula is C14H13BrFNO2. The van der Waals surface area contributed by atoms with E-state index < -0.39 is 0 Å². The third-order valence-electron chi connectivity index (χ3n) is 2.72. The van der Waals surface area contributed by atoms with Crippen molar-refractivity contribution < 1.29 is 13.6 Å². The van der Waals surface area contributed by atoms with Gasteiger partial charge in [-0.2, -0.15) is 0 Å². The zero-order chi connectivity index (χ0) is 13.8. The topological polar surface area (TPSA) is 33.5 Å². The van der Waals surface area contributed by atoms with E-state index in [1.165, 1.54) is 12.1 Å². The van der Waals surface area contributed by atoms with Crippen LogP contribution < -0.4 is 0 Å².